The van der Waals surface area contributed by atoms with E-state index in [2.05, 4.69) is 71.0 Å². The lowest BCUT2D eigenvalue weighted by molar-refractivity contribution is -0.116. The summed E-state index contributed by atoms with van der Waals surface area (Å²) in [6.45, 7) is 5.45. The van der Waals surface area contributed by atoms with E-state index in [1.54, 1.807) is 0 Å². The Morgan fingerprint density at radius 1 is 0.943 bits per heavy atom. The van der Waals surface area contributed by atoms with Crippen LogP contribution in [0, 0.1) is 0 Å². The van der Waals surface area contributed by atoms with Crippen LogP contribution in [0.2, 0.25) is 0 Å². The van der Waals surface area contributed by atoms with Crippen molar-refractivity contribution in [3.63, 3.8) is 0 Å². The van der Waals surface area contributed by atoms with E-state index in [1.807, 2.05) is 54.3 Å². The van der Waals surface area contributed by atoms with Gasteiger partial charge < -0.3 is 9.47 Å². The van der Waals surface area contributed by atoms with Crippen LogP contribution in [0.25, 0.3) is 10.8 Å². The molecule has 0 aliphatic heterocycles. The molecule has 4 rings (SSSR count). The molecule has 4 aromatic rings. The smallest absolute Gasteiger partial charge is 0.237 e. The molecule has 1 atom stereocenters. The number of carbonyl (C=O) groups is 1. The molecular formula is C28H33N5OS. The van der Waals surface area contributed by atoms with Crippen molar-refractivity contribution in [2.24, 2.45) is 0 Å². The average Bonchev–Trinajstić information content (AvgIpc) is 3.26. The largest absolute Gasteiger partial charge is 0.311 e. The summed E-state index contributed by atoms with van der Waals surface area (Å²) < 4.78 is 2.16. The predicted molar refractivity (Wildman–Crippen MR) is 145 cm³/mol. The van der Waals surface area contributed by atoms with Crippen LogP contribution in [-0.4, -0.2) is 52.0 Å². The first-order valence-corrected chi connectivity index (χ1v) is 13.1. The number of benzene rings is 3. The number of hydrogen-bond donors (Lipinski definition) is 0. The van der Waals surface area contributed by atoms with Crippen molar-refractivity contribution in [2.75, 3.05) is 31.3 Å². The summed E-state index contributed by atoms with van der Waals surface area (Å²) in [5, 5.41) is 12.1. The third-order valence-corrected chi connectivity index (χ3v) is 7.19. The van der Waals surface area contributed by atoms with Crippen LogP contribution < -0.4 is 4.90 Å². The summed E-state index contributed by atoms with van der Waals surface area (Å²) in [5.74, 6) is 1.28. The molecule has 0 radical (unpaired) electrons. The molecule has 0 N–H and O–H groups in total. The van der Waals surface area contributed by atoms with Gasteiger partial charge >= 0.3 is 0 Å². The van der Waals surface area contributed by atoms with Crippen molar-refractivity contribution >= 4 is 34.1 Å². The van der Waals surface area contributed by atoms with Gasteiger partial charge in [0.15, 0.2) is 11.0 Å². The van der Waals surface area contributed by atoms with Crippen LogP contribution in [-0.2, 0) is 11.3 Å². The predicted octanol–water partition coefficient (Wildman–Crippen LogP) is 5.64. The van der Waals surface area contributed by atoms with E-state index >= 15 is 0 Å². The van der Waals surface area contributed by atoms with Crippen LogP contribution in [0.3, 0.4) is 0 Å². The minimum absolute atomic E-state index is 0.0596. The molecule has 182 valence electrons. The minimum Gasteiger partial charge on any atom is -0.311 e. The standard InChI is InChI=1S/C28H33N5OS/c1-5-24(31(3)4)27-29-30-28(33(27)19-21-13-8-7-9-14-21)35-20-26(34)32(6-2)25-18-12-16-22-15-10-11-17-23(22)25/h7-18,24H,5-6,19-20H2,1-4H3. The zero-order valence-electron chi connectivity index (χ0n) is 20.9. The number of hydrogen-bond acceptors (Lipinski definition) is 5. The number of aromatic nitrogens is 3. The van der Waals surface area contributed by atoms with Crippen molar-refractivity contribution in [1.82, 2.24) is 19.7 Å². The Balaban J connectivity index is 1.59. The van der Waals surface area contributed by atoms with E-state index in [1.165, 1.54) is 17.3 Å². The lowest BCUT2D eigenvalue weighted by Gasteiger charge is -2.24. The topological polar surface area (TPSA) is 54.3 Å². The van der Waals surface area contributed by atoms with Gasteiger partial charge in [-0.15, -0.1) is 10.2 Å². The third-order valence-electron chi connectivity index (χ3n) is 6.24. The number of fused-ring (bicyclic) bond motifs is 1. The summed E-state index contributed by atoms with van der Waals surface area (Å²) in [5.41, 5.74) is 2.13. The first-order chi connectivity index (χ1) is 17.0. The Labute approximate surface area is 212 Å². The zero-order chi connectivity index (χ0) is 24.8. The molecule has 3 aromatic carbocycles. The molecule has 0 saturated heterocycles. The van der Waals surface area contributed by atoms with E-state index in [9.17, 15) is 4.79 Å². The lowest BCUT2D eigenvalue weighted by atomic mass is 10.1. The zero-order valence-corrected chi connectivity index (χ0v) is 21.7. The minimum atomic E-state index is 0.0596. The third kappa shape index (κ3) is 5.57. The molecule has 6 nitrogen and oxygen atoms in total. The highest BCUT2D eigenvalue weighted by molar-refractivity contribution is 7.99. The summed E-state index contributed by atoms with van der Waals surface area (Å²) in [6, 6.07) is 24.8. The van der Waals surface area contributed by atoms with Crippen molar-refractivity contribution < 1.29 is 4.79 Å². The highest BCUT2D eigenvalue weighted by Crippen LogP contribution is 2.29. The highest BCUT2D eigenvalue weighted by atomic mass is 32.2. The Bertz CT molecular complexity index is 1270. The summed E-state index contributed by atoms with van der Waals surface area (Å²) in [7, 11) is 4.13. The fourth-order valence-electron chi connectivity index (χ4n) is 4.48. The number of thioether (sulfide) groups is 1. The van der Waals surface area contributed by atoms with Gasteiger partial charge in [-0.1, -0.05) is 85.4 Å². The van der Waals surface area contributed by atoms with Crippen molar-refractivity contribution in [3.05, 3.63) is 84.2 Å². The molecule has 0 spiro atoms. The molecule has 7 heteroatoms. The maximum atomic E-state index is 13.4. The van der Waals surface area contributed by atoms with Crippen molar-refractivity contribution in [2.45, 2.75) is 38.0 Å². The van der Waals surface area contributed by atoms with E-state index in [0.29, 0.717) is 18.8 Å². The van der Waals surface area contributed by atoms with Gasteiger partial charge in [-0.3, -0.25) is 9.69 Å². The van der Waals surface area contributed by atoms with Crippen molar-refractivity contribution in [1.29, 1.82) is 0 Å². The van der Waals surface area contributed by atoms with Gasteiger partial charge in [0.05, 0.1) is 24.0 Å². The molecule has 0 bridgehead atoms. The maximum Gasteiger partial charge on any atom is 0.237 e. The lowest BCUT2D eigenvalue weighted by Crippen LogP contribution is -2.32. The van der Waals surface area contributed by atoms with E-state index in [0.717, 1.165) is 33.9 Å². The monoisotopic (exact) mass is 487 g/mol. The van der Waals surface area contributed by atoms with Crippen LogP contribution in [0.15, 0.2) is 78.0 Å². The molecule has 0 aliphatic carbocycles. The van der Waals surface area contributed by atoms with Gasteiger partial charge in [-0.25, -0.2) is 0 Å². The van der Waals surface area contributed by atoms with E-state index in [-0.39, 0.29) is 11.9 Å². The van der Waals surface area contributed by atoms with E-state index in [4.69, 9.17) is 0 Å². The number of carbonyl (C=O) groups excluding carboxylic acids is 1. The number of anilines is 1. The SMILES string of the molecule is CCC(c1nnc(SCC(=O)N(CC)c2cccc3ccccc23)n1Cc1ccccc1)N(C)C. The number of nitrogens with zero attached hydrogens (tertiary/aromatic N) is 5. The molecule has 1 unspecified atom stereocenters. The average molecular weight is 488 g/mol. The van der Waals surface area contributed by atoms with Crippen LogP contribution in [0.5, 0.6) is 0 Å². The van der Waals surface area contributed by atoms with E-state index < -0.39 is 0 Å². The molecular weight excluding hydrogens is 454 g/mol. The maximum absolute atomic E-state index is 13.4. The van der Waals surface area contributed by atoms with Crippen LogP contribution in [0.4, 0.5) is 5.69 Å². The Morgan fingerprint density at radius 2 is 1.66 bits per heavy atom. The van der Waals surface area contributed by atoms with Gasteiger partial charge in [0.2, 0.25) is 5.91 Å². The molecule has 0 fully saturated rings. The molecule has 1 heterocycles. The van der Waals surface area contributed by atoms with Crippen LogP contribution >= 0.6 is 11.8 Å². The Kier molecular flexibility index (Phi) is 8.21. The second-order valence-electron chi connectivity index (χ2n) is 8.73. The van der Waals surface area contributed by atoms with Gasteiger partial charge in [0, 0.05) is 11.9 Å². The molecule has 1 aromatic heterocycles. The van der Waals surface area contributed by atoms with Crippen LogP contribution in [0.1, 0.15) is 37.7 Å². The Morgan fingerprint density at radius 3 is 2.37 bits per heavy atom. The van der Waals surface area contributed by atoms with Crippen molar-refractivity contribution in [3.8, 4) is 0 Å². The van der Waals surface area contributed by atoms with Gasteiger partial charge in [0.1, 0.15) is 0 Å². The highest BCUT2D eigenvalue weighted by Gasteiger charge is 2.24. The second kappa shape index (κ2) is 11.5. The summed E-state index contributed by atoms with van der Waals surface area (Å²) in [4.78, 5) is 17.4. The first-order valence-electron chi connectivity index (χ1n) is 12.1. The molecule has 1 amide bonds. The molecule has 0 saturated carbocycles. The fraction of sp³-hybridized carbons (Fsp3) is 0.321. The summed E-state index contributed by atoms with van der Waals surface area (Å²) in [6.07, 6.45) is 0.925. The quantitative estimate of drug-likeness (QED) is 0.271. The number of rotatable bonds is 10. The second-order valence-corrected chi connectivity index (χ2v) is 9.67. The normalized spacial score (nSPS) is 12.3. The molecule has 0 aliphatic rings. The molecule has 35 heavy (non-hydrogen) atoms. The number of amides is 1. The van der Waals surface area contributed by atoms with Gasteiger partial charge in [-0.05, 0) is 44.5 Å². The van der Waals surface area contributed by atoms with Gasteiger partial charge in [0.25, 0.3) is 0 Å². The van der Waals surface area contributed by atoms with Gasteiger partial charge in [-0.2, -0.15) is 0 Å². The first kappa shape index (κ1) is 24.9. The summed E-state index contributed by atoms with van der Waals surface area (Å²) >= 11 is 1.46. The Hall–Kier alpha value is -3.16. The fourth-order valence-corrected chi connectivity index (χ4v) is 5.30.